The van der Waals surface area contributed by atoms with Gasteiger partial charge < -0.3 is 10.6 Å². The van der Waals surface area contributed by atoms with Gasteiger partial charge in [0.2, 0.25) is 0 Å². The molecule has 3 rings (SSSR count). The van der Waals surface area contributed by atoms with E-state index < -0.39 is 0 Å². The molecular weight excluding hydrogens is 296 g/mol. The Bertz CT molecular complexity index is 508. The number of thiocarbonyl (C=S) groups is 1. The van der Waals surface area contributed by atoms with Gasteiger partial charge in [-0.25, -0.2) is 0 Å². The largest absolute Gasteiger partial charge is 0.389 e. The molecular formula is C17H24N2S2. The Labute approximate surface area is 137 Å². The Morgan fingerprint density at radius 1 is 1.24 bits per heavy atom. The van der Waals surface area contributed by atoms with E-state index in [4.69, 9.17) is 18.0 Å². The van der Waals surface area contributed by atoms with Crippen LogP contribution in [0.15, 0.2) is 23.1 Å². The van der Waals surface area contributed by atoms with Gasteiger partial charge in [-0.1, -0.05) is 25.2 Å². The summed E-state index contributed by atoms with van der Waals surface area (Å²) >= 11 is 7.20. The first kappa shape index (κ1) is 15.2. The molecule has 0 amide bonds. The molecule has 2 fully saturated rings. The smallest absolute Gasteiger partial charge is 0.107 e. The van der Waals surface area contributed by atoms with Gasteiger partial charge in [-0.3, -0.25) is 0 Å². The van der Waals surface area contributed by atoms with Gasteiger partial charge in [0.25, 0.3) is 0 Å². The van der Waals surface area contributed by atoms with Crippen molar-refractivity contribution in [1.29, 1.82) is 0 Å². The van der Waals surface area contributed by atoms with Gasteiger partial charge in [0.05, 0.1) is 0 Å². The highest BCUT2D eigenvalue weighted by Crippen LogP contribution is 2.38. The van der Waals surface area contributed by atoms with Gasteiger partial charge in [-0.05, 0) is 55.4 Å². The summed E-state index contributed by atoms with van der Waals surface area (Å²) in [5.74, 6) is 2.81. The minimum Gasteiger partial charge on any atom is -0.389 e. The summed E-state index contributed by atoms with van der Waals surface area (Å²) in [7, 11) is 0. The second-order valence-electron chi connectivity index (χ2n) is 6.24. The van der Waals surface area contributed by atoms with E-state index in [2.05, 4.69) is 30.0 Å². The molecule has 0 radical (unpaired) electrons. The zero-order valence-corrected chi connectivity index (χ0v) is 14.3. The van der Waals surface area contributed by atoms with Crippen molar-refractivity contribution in [2.24, 2.45) is 17.6 Å². The minimum atomic E-state index is 0.540. The second kappa shape index (κ2) is 6.57. The van der Waals surface area contributed by atoms with Crippen molar-refractivity contribution in [1.82, 2.24) is 0 Å². The fraction of sp³-hybridized carbons (Fsp3) is 0.588. The highest BCUT2D eigenvalue weighted by Gasteiger charge is 2.30. The predicted octanol–water partition coefficient (Wildman–Crippen LogP) is 4.06. The first-order valence-corrected chi connectivity index (χ1v) is 9.39. The normalized spacial score (nSPS) is 17.8. The Balaban J connectivity index is 1.91. The number of thioether (sulfide) groups is 1. The molecule has 0 aliphatic heterocycles. The molecule has 2 aliphatic rings. The summed E-state index contributed by atoms with van der Waals surface area (Å²) in [6, 6.07) is 6.51. The Morgan fingerprint density at radius 3 is 2.33 bits per heavy atom. The molecule has 2 aliphatic carbocycles. The average molecular weight is 321 g/mol. The molecule has 2 nitrogen and oxygen atoms in total. The maximum atomic E-state index is 6.07. The molecule has 0 spiro atoms. The lowest BCUT2D eigenvalue weighted by Crippen LogP contribution is -2.30. The monoisotopic (exact) mass is 320 g/mol. The topological polar surface area (TPSA) is 29.3 Å². The van der Waals surface area contributed by atoms with Crippen LogP contribution in [0.5, 0.6) is 0 Å². The summed E-state index contributed by atoms with van der Waals surface area (Å²) in [5.41, 5.74) is 8.43. The van der Waals surface area contributed by atoms with E-state index in [9.17, 15) is 0 Å². The summed E-state index contributed by atoms with van der Waals surface area (Å²) in [4.78, 5) is 4.33. The number of anilines is 1. The van der Waals surface area contributed by atoms with Gasteiger partial charge >= 0.3 is 0 Å². The molecule has 0 atom stereocenters. The zero-order chi connectivity index (χ0) is 14.8. The van der Waals surface area contributed by atoms with Gasteiger partial charge in [0.15, 0.2) is 0 Å². The molecule has 1 aromatic rings. The van der Waals surface area contributed by atoms with E-state index in [-0.39, 0.29) is 0 Å². The summed E-state index contributed by atoms with van der Waals surface area (Å²) in [6.45, 7) is 4.52. The average Bonchev–Trinajstić information content (AvgIpc) is 3.33. The third-order valence-electron chi connectivity index (χ3n) is 4.24. The van der Waals surface area contributed by atoms with Crippen LogP contribution >= 0.6 is 24.0 Å². The fourth-order valence-electron chi connectivity index (χ4n) is 2.80. The van der Waals surface area contributed by atoms with Crippen LogP contribution in [-0.4, -0.2) is 23.8 Å². The lowest BCUT2D eigenvalue weighted by molar-refractivity contribution is 0.678. The van der Waals surface area contributed by atoms with Gasteiger partial charge in [-0.15, -0.1) is 11.8 Å². The van der Waals surface area contributed by atoms with Crippen molar-refractivity contribution >= 4 is 34.7 Å². The lowest BCUT2D eigenvalue weighted by Gasteiger charge is -2.28. The van der Waals surface area contributed by atoms with Crippen molar-refractivity contribution in [3.05, 3.63) is 23.8 Å². The molecule has 0 aromatic heterocycles. The van der Waals surface area contributed by atoms with Crippen LogP contribution in [0, 0.1) is 11.8 Å². The van der Waals surface area contributed by atoms with Crippen LogP contribution in [0.3, 0.4) is 0 Å². The first-order valence-electron chi connectivity index (χ1n) is 7.99. The van der Waals surface area contributed by atoms with Crippen molar-refractivity contribution in [2.75, 3.05) is 23.7 Å². The minimum absolute atomic E-state index is 0.540. The quantitative estimate of drug-likeness (QED) is 0.578. The molecule has 1 aromatic carbocycles. The van der Waals surface area contributed by atoms with Crippen LogP contribution in [0.2, 0.25) is 0 Å². The molecule has 0 unspecified atom stereocenters. The first-order chi connectivity index (χ1) is 10.2. The predicted molar refractivity (Wildman–Crippen MR) is 96.4 cm³/mol. The van der Waals surface area contributed by atoms with Gasteiger partial charge in [0, 0.05) is 29.2 Å². The molecule has 0 heterocycles. The van der Waals surface area contributed by atoms with Crippen LogP contribution in [0.4, 0.5) is 5.69 Å². The third kappa shape index (κ3) is 3.92. The summed E-state index contributed by atoms with van der Waals surface area (Å²) in [6.07, 6.45) is 5.53. The number of hydrogen-bond acceptors (Lipinski definition) is 3. The Kier molecular flexibility index (Phi) is 4.75. The van der Waals surface area contributed by atoms with Crippen molar-refractivity contribution in [2.45, 2.75) is 37.5 Å². The molecule has 2 saturated carbocycles. The second-order valence-corrected chi connectivity index (χ2v) is 7.98. The Morgan fingerprint density at radius 2 is 1.86 bits per heavy atom. The van der Waals surface area contributed by atoms with Gasteiger partial charge in [-0.2, -0.15) is 0 Å². The van der Waals surface area contributed by atoms with Crippen LogP contribution < -0.4 is 10.6 Å². The van der Waals surface area contributed by atoms with Crippen LogP contribution in [-0.2, 0) is 0 Å². The molecule has 2 N–H and O–H groups in total. The lowest BCUT2D eigenvalue weighted by atomic mass is 10.1. The number of nitrogens with zero attached hydrogens (tertiary/aromatic N) is 1. The van der Waals surface area contributed by atoms with E-state index in [0.717, 1.165) is 23.2 Å². The SMILES string of the molecule is CCSc1cccc(N(CC2CC2)CC2CC2)c1C(N)=S. The number of nitrogens with two attached hydrogens (primary N) is 1. The number of benzene rings is 1. The van der Waals surface area contributed by atoms with Gasteiger partial charge in [0.1, 0.15) is 4.99 Å². The molecule has 4 heteroatoms. The van der Waals surface area contributed by atoms with Crippen LogP contribution in [0.25, 0.3) is 0 Å². The van der Waals surface area contributed by atoms with Crippen molar-refractivity contribution in [3.8, 4) is 0 Å². The van der Waals surface area contributed by atoms with E-state index in [0.29, 0.717) is 4.99 Å². The zero-order valence-electron chi connectivity index (χ0n) is 12.7. The molecule has 114 valence electrons. The van der Waals surface area contributed by atoms with Crippen LogP contribution in [0.1, 0.15) is 38.2 Å². The van der Waals surface area contributed by atoms with Crippen molar-refractivity contribution < 1.29 is 0 Å². The maximum absolute atomic E-state index is 6.07. The Hall–Kier alpha value is -0.740. The maximum Gasteiger partial charge on any atom is 0.107 e. The van der Waals surface area contributed by atoms with Crippen molar-refractivity contribution in [3.63, 3.8) is 0 Å². The highest BCUT2D eigenvalue weighted by atomic mass is 32.2. The van der Waals surface area contributed by atoms with E-state index in [1.807, 2.05) is 11.8 Å². The molecule has 0 bridgehead atoms. The number of hydrogen-bond donors (Lipinski definition) is 1. The number of rotatable bonds is 8. The third-order valence-corrected chi connectivity index (χ3v) is 5.39. The van der Waals surface area contributed by atoms with E-state index in [1.165, 1.54) is 49.4 Å². The molecule has 21 heavy (non-hydrogen) atoms. The fourth-order valence-corrected chi connectivity index (χ4v) is 3.93. The molecule has 0 saturated heterocycles. The standard InChI is InChI=1S/C17H24N2S2/c1-2-21-15-5-3-4-14(16(15)17(18)20)19(10-12-6-7-12)11-13-8-9-13/h3-5,12-13H,2,6-11H2,1H3,(H2,18,20). The van der Waals surface area contributed by atoms with E-state index >= 15 is 0 Å². The summed E-state index contributed by atoms with van der Waals surface area (Å²) in [5, 5.41) is 0. The van der Waals surface area contributed by atoms with E-state index in [1.54, 1.807) is 0 Å². The highest BCUT2D eigenvalue weighted by molar-refractivity contribution is 7.99. The summed E-state index contributed by atoms with van der Waals surface area (Å²) < 4.78 is 0.